The number of benzene rings is 2. The van der Waals surface area contributed by atoms with E-state index in [1.54, 1.807) is 12.3 Å². The SMILES string of the molecule is Cc1nccn1-c1ccccc1CNC(=O)C1CCN(S(=O)(=O)Cc2ccccc2F)CC1. The van der Waals surface area contributed by atoms with Crippen molar-refractivity contribution in [1.29, 1.82) is 0 Å². The van der Waals surface area contributed by atoms with Gasteiger partial charge in [0.1, 0.15) is 11.6 Å². The highest BCUT2D eigenvalue weighted by Crippen LogP contribution is 2.23. The summed E-state index contributed by atoms with van der Waals surface area (Å²) >= 11 is 0. The molecule has 2 heterocycles. The maximum absolute atomic E-state index is 13.9. The Hall–Kier alpha value is -3.04. The summed E-state index contributed by atoms with van der Waals surface area (Å²) in [5.74, 6) is -0.384. The number of carbonyl (C=O) groups is 1. The molecule has 1 saturated heterocycles. The van der Waals surface area contributed by atoms with Crippen LogP contribution in [-0.2, 0) is 27.1 Å². The molecule has 9 heteroatoms. The molecule has 0 atom stereocenters. The lowest BCUT2D eigenvalue weighted by molar-refractivity contribution is -0.126. The lowest BCUT2D eigenvalue weighted by atomic mass is 9.97. The van der Waals surface area contributed by atoms with Crippen molar-refractivity contribution >= 4 is 15.9 Å². The molecule has 0 bridgehead atoms. The Bertz CT molecular complexity index is 1230. The molecule has 1 aliphatic rings. The zero-order valence-electron chi connectivity index (χ0n) is 18.4. The van der Waals surface area contributed by atoms with Gasteiger partial charge in [0.2, 0.25) is 15.9 Å². The van der Waals surface area contributed by atoms with Gasteiger partial charge in [0.25, 0.3) is 0 Å². The first kappa shape index (κ1) is 23.1. The van der Waals surface area contributed by atoms with Crippen molar-refractivity contribution in [2.75, 3.05) is 13.1 Å². The van der Waals surface area contributed by atoms with Crippen molar-refractivity contribution in [3.05, 3.63) is 83.7 Å². The molecule has 2 aromatic carbocycles. The number of carbonyl (C=O) groups excluding carboxylic acids is 1. The Morgan fingerprint density at radius 2 is 1.76 bits per heavy atom. The first-order valence-corrected chi connectivity index (χ1v) is 12.5. The number of halogens is 1. The Kier molecular flexibility index (Phi) is 6.90. The minimum atomic E-state index is -3.65. The lowest BCUT2D eigenvalue weighted by Crippen LogP contribution is -2.43. The molecule has 1 aliphatic heterocycles. The number of hydrogen-bond acceptors (Lipinski definition) is 4. The van der Waals surface area contributed by atoms with Crippen LogP contribution in [0.2, 0.25) is 0 Å². The van der Waals surface area contributed by atoms with Gasteiger partial charge >= 0.3 is 0 Å². The number of aryl methyl sites for hydroxylation is 1. The van der Waals surface area contributed by atoms with Crippen LogP contribution < -0.4 is 5.32 Å². The van der Waals surface area contributed by atoms with Gasteiger partial charge in [-0.05, 0) is 37.5 Å². The van der Waals surface area contributed by atoms with Crippen LogP contribution in [0.4, 0.5) is 4.39 Å². The number of hydrogen-bond donors (Lipinski definition) is 1. The number of sulfonamides is 1. The van der Waals surface area contributed by atoms with Gasteiger partial charge in [-0.1, -0.05) is 36.4 Å². The van der Waals surface area contributed by atoms with E-state index in [4.69, 9.17) is 0 Å². The van der Waals surface area contributed by atoms with Crippen molar-refractivity contribution in [1.82, 2.24) is 19.2 Å². The summed E-state index contributed by atoms with van der Waals surface area (Å²) in [6.45, 7) is 2.79. The summed E-state index contributed by atoms with van der Waals surface area (Å²) in [5.41, 5.74) is 2.09. The van der Waals surface area contributed by atoms with E-state index < -0.39 is 15.8 Å². The van der Waals surface area contributed by atoms with Gasteiger partial charge < -0.3 is 9.88 Å². The molecule has 0 radical (unpaired) electrons. The molecule has 1 fully saturated rings. The van der Waals surface area contributed by atoms with Gasteiger partial charge in [0.15, 0.2) is 0 Å². The first-order valence-electron chi connectivity index (χ1n) is 10.9. The second-order valence-electron chi connectivity index (χ2n) is 8.21. The van der Waals surface area contributed by atoms with Gasteiger partial charge in [-0.25, -0.2) is 22.1 Å². The van der Waals surface area contributed by atoms with E-state index in [1.165, 1.54) is 22.5 Å². The van der Waals surface area contributed by atoms with Crippen molar-refractivity contribution in [2.45, 2.75) is 32.1 Å². The number of piperidine rings is 1. The molecule has 0 saturated carbocycles. The van der Waals surface area contributed by atoms with Gasteiger partial charge in [0, 0.05) is 43.5 Å². The van der Waals surface area contributed by atoms with Crippen molar-refractivity contribution in [3.63, 3.8) is 0 Å². The van der Waals surface area contributed by atoms with E-state index in [-0.39, 0.29) is 36.2 Å². The molecule has 1 N–H and O–H groups in total. The average molecular weight is 471 g/mol. The number of aromatic nitrogens is 2. The monoisotopic (exact) mass is 470 g/mol. The predicted molar refractivity (Wildman–Crippen MR) is 123 cm³/mol. The molecular formula is C24H27FN4O3S. The van der Waals surface area contributed by atoms with Crippen LogP contribution in [0.25, 0.3) is 5.69 Å². The third-order valence-electron chi connectivity index (χ3n) is 6.04. The Labute approximate surface area is 193 Å². The third-order valence-corrected chi connectivity index (χ3v) is 7.87. The largest absolute Gasteiger partial charge is 0.352 e. The van der Waals surface area contributed by atoms with Crippen LogP contribution in [0.5, 0.6) is 0 Å². The fraction of sp³-hybridized carbons (Fsp3) is 0.333. The molecule has 174 valence electrons. The Morgan fingerprint density at radius 3 is 2.42 bits per heavy atom. The standard InChI is InChI=1S/C24H27FN4O3S/c1-18-26-12-15-29(18)23-9-5-3-6-20(23)16-27-24(30)19-10-13-28(14-11-19)33(31,32)17-21-7-2-4-8-22(21)25/h2-9,12,15,19H,10-11,13-14,16-17H2,1H3,(H,27,30). The topological polar surface area (TPSA) is 84.3 Å². The maximum Gasteiger partial charge on any atom is 0.223 e. The highest BCUT2D eigenvalue weighted by atomic mass is 32.2. The molecule has 7 nitrogen and oxygen atoms in total. The molecule has 1 amide bonds. The molecule has 4 rings (SSSR count). The summed E-state index contributed by atoms with van der Waals surface area (Å²) in [6.07, 6.45) is 4.49. The van der Waals surface area contributed by atoms with Crippen molar-refractivity contribution in [3.8, 4) is 5.69 Å². The van der Waals surface area contributed by atoms with Gasteiger partial charge in [-0.15, -0.1) is 0 Å². The lowest BCUT2D eigenvalue weighted by Gasteiger charge is -2.30. The van der Waals surface area contributed by atoms with Gasteiger partial charge in [-0.3, -0.25) is 4.79 Å². The normalized spacial score (nSPS) is 15.5. The van der Waals surface area contributed by atoms with E-state index >= 15 is 0 Å². The van der Waals surface area contributed by atoms with E-state index in [0.717, 1.165) is 17.1 Å². The summed E-state index contributed by atoms with van der Waals surface area (Å²) in [5, 5.41) is 3.00. The summed E-state index contributed by atoms with van der Waals surface area (Å²) < 4.78 is 42.7. The van der Waals surface area contributed by atoms with E-state index in [2.05, 4.69) is 10.3 Å². The molecule has 0 spiro atoms. The van der Waals surface area contributed by atoms with Crippen LogP contribution in [0.3, 0.4) is 0 Å². The number of imidazole rings is 1. The Balaban J connectivity index is 1.33. The molecule has 0 aliphatic carbocycles. The minimum absolute atomic E-state index is 0.0849. The maximum atomic E-state index is 13.9. The molecular weight excluding hydrogens is 443 g/mol. The van der Waals surface area contributed by atoms with Crippen molar-refractivity contribution < 1.29 is 17.6 Å². The number of rotatable bonds is 7. The van der Waals surface area contributed by atoms with Crippen LogP contribution in [-0.4, -0.2) is 41.3 Å². The summed E-state index contributed by atoms with van der Waals surface area (Å²) in [4.78, 5) is 17.0. The van der Waals surface area contributed by atoms with E-state index in [0.29, 0.717) is 19.4 Å². The Morgan fingerprint density at radius 1 is 1.09 bits per heavy atom. The third kappa shape index (κ3) is 5.31. The second kappa shape index (κ2) is 9.84. The highest BCUT2D eigenvalue weighted by Gasteiger charge is 2.31. The number of para-hydroxylation sites is 1. The van der Waals surface area contributed by atoms with Crippen molar-refractivity contribution in [2.24, 2.45) is 5.92 Å². The van der Waals surface area contributed by atoms with E-state index in [1.807, 2.05) is 42.0 Å². The summed E-state index contributed by atoms with van der Waals surface area (Å²) in [6, 6.07) is 13.7. The van der Waals surface area contributed by atoms with Crippen LogP contribution >= 0.6 is 0 Å². The average Bonchev–Trinajstić information content (AvgIpc) is 3.25. The molecule has 1 aromatic heterocycles. The predicted octanol–water partition coefficient (Wildman–Crippen LogP) is 3.18. The molecule has 3 aromatic rings. The number of amides is 1. The number of nitrogens with zero attached hydrogens (tertiary/aromatic N) is 3. The van der Waals surface area contributed by atoms with E-state index in [9.17, 15) is 17.6 Å². The van der Waals surface area contributed by atoms with Gasteiger partial charge in [-0.2, -0.15) is 0 Å². The quantitative estimate of drug-likeness (QED) is 0.575. The van der Waals surface area contributed by atoms with Crippen LogP contribution in [0, 0.1) is 18.7 Å². The van der Waals surface area contributed by atoms with Crippen LogP contribution in [0.1, 0.15) is 29.8 Å². The van der Waals surface area contributed by atoms with Gasteiger partial charge in [0.05, 0.1) is 11.4 Å². The van der Waals surface area contributed by atoms with Crippen LogP contribution in [0.15, 0.2) is 60.9 Å². The zero-order chi connectivity index (χ0) is 23.4. The summed E-state index contributed by atoms with van der Waals surface area (Å²) in [7, 11) is -3.65. The molecule has 0 unspecified atom stereocenters. The minimum Gasteiger partial charge on any atom is -0.352 e. The fourth-order valence-electron chi connectivity index (χ4n) is 4.15. The smallest absolute Gasteiger partial charge is 0.223 e. The molecule has 33 heavy (non-hydrogen) atoms. The zero-order valence-corrected chi connectivity index (χ0v) is 19.3. The first-order chi connectivity index (χ1) is 15.8. The highest BCUT2D eigenvalue weighted by molar-refractivity contribution is 7.88. The fourth-order valence-corrected chi connectivity index (χ4v) is 5.73. The number of nitrogens with one attached hydrogen (secondary N) is 1. The second-order valence-corrected chi connectivity index (χ2v) is 10.2.